The third-order valence-electron chi connectivity index (χ3n) is 6.58. The highest BCUT2D eigenvalue weighted by Gasteiger charge is 2.34. The number of hydrogen-bond acceptors (Lipinski definition) is 0. The van der Waals surface area contributed by atoms with E-state index in [1.807, 2.05) is 42.5 Å². The number of hydrogen-bond donors (Lipinski definition) is 0. The summed E-state index contributed by atoms with van der Waals surface area (Å²) < 4.78 is 42.2. The van der Waals surface area contributed by atoms with Gasteiger partial charge in [0.1, 0.15) is 0 Å². The highest BCUT2D eigenvalue weighted by Crippen LogP contribution is 2.53. The monoisotopic (exact) mass is 394 g/mol. The zero-order chi connectivity index (χ0) is 20.2. The van der Waals surface area contributed by atoms with Gasteiger partial charge in [0.2, 0.25) is 0 Å². The third kappa shape index (κ3) is 1.79. The maximum absolute atomic E-state index is 14.1. The van der Waals surface area contributed by atoms with Gasteiger partial charge in [0, 0.05) is 5.39 Å². The van der Waals surface area contributed by atoms with Gasteiger partial charge in [-0.2, -0.15) is 13.2 Å². The summed E-state index contributed by atoms with van der Waals surface area (Å²) in [5.41, 5.74) is 3.92. The molecule has 0 aliphatic heterocycles. The summed E-state index contributed by atoms with van der Waals surface area (Å²) in [5.74, 6) is 0. The molecule has 0 atom stereocenters. The summed E-state index contributed by atoms with van der Waals surface area (Å²) in [4.78, 5) is 0. The lowest BCUT2D eigenvalue weighted by molar-refractivity contribution is -0.136. The molecule has 1 aliphatic rings. The van der Waals surface area contributed by atoms with Crippen LogP contribution in [0.1, 0.15) is 5.56 Å². The summed E-state index contributed by atoms with van der Waals surface area (Å²) in [6.07, 6.45) is -4.42. The minimum absolute atomic E-state index is 0.308. The van der Waals surface area contributed by atoms with Crippen molar-refractivity contribution < 1.29 is 13.2 Å². The Morgan fingerprint density at radius 2 is 1.10 bits per heavy atom. The Morgan fingerprint density at radius 3 is 1.80 bits per heavy atom. The lowest BCUT2D eigenvalue weighted by Crippen LogP contribution is -2.06. The summed E-state index contributed by atoms with van der Waals surface area (Å²) in [7, 11) is 0. The van der Waals surface area contributed by atoms with E-state index in [1.54, 1.807) is 6.07 Å². The molecule has 0 nitrogen and oxygen atoms in total. The van der Waals surface area contributed by atoms with Gasteiger partial charge in [-0.25, -0.2) is 0 Å². The summed E-state index contributed by atoms with van der Waals surface area (Å²) in [5, 5.41) is 6.39. The molecule has 6 aromatic rings. The van der Waals surface area contributed by atoms with Crippen LogP contribution in [0.4, 0.5) is 13.2 Å². The fourth-order valence-electron chi connectivity index (χ4n) is 5.45. The Balaban J connectivity index is 1.83. The van der Waals surface area contributed by atoms with E-state index in [0.29, 0.717) is 16.2 Å². The zero-order valence-electron chi connectivity index (χ0n) is 15.6. The first-order valence-corrected chi connectivity index (χ1v) is 9.87. The number of rotatable bonds is 0. The predicted molar refractivity (Wildman–Crippen MR) is 117 cm³/mol. The van der Waals surface area contributed by atoms with Crippen LogP contribution in [0.25, 0.3) is 65.3 Å². The second kappa shape index (κ2) is 5.11. The Bertz CT molecular complexity index is 1640. The van der Waals surface area contributed by atoms with Crippen LogP contribution in [0.2, 0.25) is 0 Å². The molecule has 0 fully saturated rings. The molecule has 142 valence electrons. The van der Waals surface area contributed by atoms with E-state index >= 15 is 0 Å². The first-order valence-electron chi connectivity index (χ1n) is 9.87. The molecule has 0 N–H and O–H groups in total. The Labute approximate surface area is 169 Å². The van der Waals surface area contributed by atoms with E-state index in [0.717, 1.165) is 49.2 Å². The normalized spacial score (nSPS) is 13.2. The van der Waals surface area contributed by atoms with Crippen molar-refractivity contribution in [3.05, 3.63) is 84.4 Å². The lowest BCUT2D eigenvalue weighted by atomic mass is 9.86. The third-order valence-corrected chi connectivity index (χ3v) is 6.58. The van der Waals surface area contributed by atoms with Crippen LogP contribution < -0.4 is 0 Å². The van der Waals surface area contributed by atoms with E-state index < -0.39 is 11.7 Å². The standard InChI is InChI=1S/C27H13F3/c28-27(29,30)22-13-8-14-4-3-7-17-20-10-9-18-15-5-1-2-6-16(15)19-11-12-21(25(20)24(18)19)26(22)23(14)17/h1-13H. The van der Waals surface area contributed by atoms with Gasteiger partial charge in [-0.1, -0.05) is 72.8 Å². The smallest absolute Gasteiger partial charge is 0.166 e. The zero-order valence-corrected chi connectivity index (χ0v) is 15.6. The second-order valence-corrected chi connectivity index (χ2v) is 8.01. The van der Waals surface area contributed by atoms with Gasteiger partial charge in [-0.3, -0.25) is 0 Å². The van der Waals surface area contributed by atoms with Crippen LogP contribution in [0.3, 0.4) is 0 Å². The van der Waals surface area contributed by atoms with Crippen LogP contribution >= 0.6 is 0 Å². The van der Waals surface area contributed by atoms with Gasteiger partial charge >= 0.3 is 6.18 Å². The van der Waals surface area contributed by atoms with Gasteiger partial charge in [0.15, 0.2) is 0 Å². The minimum atomic E-state index is -4.42. The minimum Gasteiger partial charge on any atom is -0.166 e. The molecule has 30 heavy (non-hydrogen) atoms. The molecule has 0 saturated carbocycles. The summed E-state index contributed by atoms with van der Waals surface area (Å²) in [6, 6.07) is 24.8. The maximum atomic E-state index is 14.1. The molecular formula is C27H13F3. The number of alkyl halides is 3. The van der Waals surface area contributed by atoms with Crippen molar-refractivity contribution in [2.24, 2.45) is 0 Å². The van der Waals surface area contributed by atoms with Crippen molar-refractivity contribution in [3.8, 4) is 22.3 Å². The van der Waals surface area contributed by atoms with E-state index in [2.05, 4.69) is 24.3 Å². The van der Waals surface area contributed by atoms with Crippen molar-refractivity contribution in [1.82, 2.24) is 0 Å². The largest absolute Gasteiger partial charge is 0.417 e. The van der Waals surface area contributed by atoms with Crippen LogP contribution in [0.15, 0.2) is 78.9 Å². The number of halogens is 3. The van der Waals surface area contributed by atoms with Crippen molar-refractivity contribution in [2.75, 3.05) is 0 Å². The molecule has 0 unspecified atom stereocenters. The van der Waals surface area contributed by atoms with E-state index in [1.165, 1.54) is 6.07 Å². The average molecular weight is 394 g/mol. The predicted octanol–water partition coefficient (Wildman–Crippen LogP) is 8.40. The average Bonchev–Trinajstić information content (AvgIpc) is 3.08. The molecule has 3 heteroatoms. The molecule has 0 saturated heterocycles. The fraction of sp³-hybridized carbons (Fsp3) is 0.0370. The fourth-order valence-corrected chi connectivity index (χ4v) is 5.45. The van der Waals surface area contributed by atoms with Crippen molar-refractivity contribution in [3.63, 3.8) is 0 Å². The van der Waals surface area contributed by atoms with E-state index in [9.17, 15) is 13.2 Å². The van der Waals surface area contributed by atoms with E-state index in [4.69, 9.17) is 0 Å². The second-order valence-electron chi connectivity index (χ2n) is 8.01. The Hall–Kier alpha value is -3.59. The van der Waals surface area contributed by atoms with Gasteiger partial charge in [-0.15, -0.1) is 0 Å². The van der Waals surface area contributed by atoms with Crippen molar-refractivity contribution in [1.29, 1.82) is 0 Å². The van der Waals surface area contributed by atoms with Gasteiger partial charge in [0.05, 0.1) is 5.56 Å². The van der Waals surface area contributed by atoms with E-state index in [-0.39, 0.29) is 0 Å². The highest BCUT2D eigenvalue weighted by atomic mass is 19.4. The van der Waals surface area contributed by atoms with Crippen LogP contribution in [-0.4, -0.2) is 0 Å². The van der Waals surface area contributed by atoms with Gasteiger partial charge < -0.3 is 0 Å². The molecule has 0 amide bonds. The summed E-state index contributed by atoms with van der Waals surface area (Å²) >= 11 is 0. The molecule has 1 aliphatic carbocycles. The highest BCUT2D eigenvalue weighted by molar-refractivity contribution is 6.37. The molecule has 7 rings (SSSR count). The number of benzene rings is 6. The Morgan fingerprint density at radius 1 is 0.433 bits per heavy atom. The van der Waals surface area contributed by atoms with Crippen LogP contribution in [0, 0.1) is 0 Å². The quantitative estimate of drug-likeness (QED) is 0.179. The lowest BCUT2D eigenvalue weighted by Gasteiger charge is -2.19. The molecule has 0 radical (unpaired) electrons. The topological polar surface area (TPSA) is 0 Å². The van der Waals surface area contributed by atoms with Crippen molar-refractivity contribution in [2.45, 2.75) is 6.18 Å². The SMILES string of the molecule is FC(F)(F)c1ccc2cccc3c4ccc5c6c(ccc(c1c23)c64)-c1ccccc1-5. The van der Waals surface area contributed by atoms with Crippen LogP contribution in [-0.2, 0) is 6.18 Å². The molecule has 0 heterocycles. The summed E-state index contributed by atoms with van der Waals surface area (Å²) in [6.45, 7) is 0. The van der Waals surface area contributed by atoms with Crippen LogP contribution in [0.5, 0.6) is 0 Å². The molecular weight excluding hydrogens is 381 g/mol. The molecule has 0 aromatic heterocycles. The molecule has 0 bridgehead atoms. The maximum Gasteiger partial charge on any atom is 0.417 e. The Kier molecular flexibility index (Phi) is 2.77. The molecule has 6 aromatic carbocycles. The van der Waals surface area contributed by atoms with Crippen molar-refractivity contribution >= 4 is 43.1 Å². The van der Waals surface area contributed by atoms with Gasteiger partial charge in [-0.05, 0) is 66.0 Å². The molecule has 0 spiro atoms. The first kappa shape index (κ1) is 16.2. The first-order chi connectivity index (χ1) is 14.5. The van der Waals surface area contributed by atoms with Gasteiger partial charge in [0.25, 0.3) is 0 Å². The number of fused-ring (bicyclic) bond motifs is 5.